The van der Waals surface area contributed by atoms with Gasteiger partial charge in [-0.05, 0) is 18.6 Å². The van der Waals surface area contributed by atoms with Gasteiger partial charge in [-0.25, -0.2) is 4.79 Å². The van der Waals surface area contributed by atoms with Gasteiger partial charge >= 0.3 is 5.97 Å². The smallest absolute Gasteiger partial charge is 0.328 e. The average molecular weight is 333 g/mol. The van der Waals surface area contributed by atoms with Crippen molar-refractivity contribution >= 4 is 46.3 Å². The maximum absolute atomic E-state index is 12.3. The van der Waals surface area contributed by atoms with E-state index >= 15 is 0 Å². The van der Waals surface area contributed by atoms with Gasteiger partial charge < -0.3 is 4.74 Å². The van der Waals surface area contributed by atoms with Crippen LogP contribution in [-0.4, -0.2) is 34.2 Å². The van der Waals surface area contributed by atoms with Crippen LogP contribution in [-0.2, 0) is 14.3 Å². The number of allylic oxidation sites excluding steroid dienone is 2. The van der Waals surface area contributed by atoms with Crippen molar-refractivity contribution in [1.29, 1.82) is 0 Å². The molecule has 1 aromatic rings. The zero-order valence-corrected chi connectivity index (χ0v) is 13.8. The highest BCUT2D eigenvalue weighted by molar-refractivity contribution is 8.26. The van der Waals surface area contributed by atoms with E-state index in [1.807, 2.05) is 36.4 Å². The first-order chi connectivity index (χ1) is 10.5. The molecule has 0 radical (unpaired) electrons. The fourth-order valence-electron chi connectivity index (χ4n) is 1.91. The van der Waals surface area contributed by atoms with Gasteiger partial charge in [-0.15, -0.1) is 0 Å². The molecule has 1 atom stereocenters. The first-order valence-corrected chi connectivity index (χ1v) is 7.83. The SMILES string of the molecule is COC(=O)[C@@H](C)N1C(=O)/C(=C\C=C\c2ccccc2)SC1=S. The zero-order valence-electron chi connectivity index (χ0n) is 12.2. The Bertz CT molecular complexity index is 653. The highest BCUT2D eigenvalue weighted by Gasteiger charge is 2.38. The van der Waals surface area contributed by atoms with Crippen molar-refractivity contribution < 1.29 is 14.3 Å². The number of nitrogens with zero attached hydrogens (tertiary/aromatic N) is 1. The van der Waals surface area contributed by atoms with Crippen LogP contribution in [0.15, 0.2) is 47.4 Å². The van der Waals surface area contributed by atoms with Crippen LogP contribution >= 0.6 is 24.0 Å². The normalized spacial score (nSPS) is 18.3. The summed E-state index contributed by atoms with van der Waals surface area (Å²) in [5.74, 6) is -0.761. The number of methoxy groups -OCH3 is 1. The molecular formula is C16H15NO3S2. The predicted molar refractivity (Wildman–Crippen MR) is 92.1 cm³/mol. The van der Waals surface area contributed by atoms with Gasteiger partial charge in [-0.1, -0.05) is 66.5 Å². The highest BCUT2D eigenvalue weighted by atomic mass is 32.2. The molecule has 1 saturated heterocycles. The van der Waals surface area contributed by atoms with E-state index in [0.29, 0.717) is 9.23 Å². The van der Waals surface area contributed by atoms with Crippen LogP contribution in [0, 0.1) is 0 Å². The van der Waals surface area contributed by atoms with Gasteiger partial charge in [0.2, 0.25) is 0 Å². The lowest BCUT2D eigenvalue weighted by atomic mass is 10.2. The second-order valence-electron chi connectivity index (χ2n) is 4.54. The van der Waals surface area contributed by atoms with Gasteiger partial charge in [0, 0.05) is 0 Å². The van der Waals surface area contributed by atoms with Gasteiger partial charge in [0.15, 0.2) is 0 Å². The Morgan fingerprint density at radius 3 is 2.68 bits per heavy atom. The summed E-state index contributed by atoms with van der Waals surface area (Å²) >= 11 is 6.36. The van der Waals surface area contributed by atoms with Crippen LogP contribution < -0.4 is 0 Å². The van der Waals surface area contributed by atoms with Gasteiger partial charge in [0.1, 0.15) is 10.4 Å². The molecule has 1 fully saturated rings. The second kappa shape index (κ2) is 7.38. The van der Waals surface area contributed by atoms with E-state index in [1.54, 1.807) is 19.1 Å². The molecular weight excluding hydrogens is 318 g/mol. The Balaban J connectivity index is 2.12. The summed E-state index contributed by atoms with van der Waals surface area (Å²) in [6, 6.07) is 9.04. The van der Waals surface area contributed by atoms with Gasteiger partial charge in [-0.2, -0.15) is 0 Å². The number of carbonyl (C=O) groups excluding carboxylic acids is 2. The van der Waals surface area contributed by atoms with Crippen LogP contribution in [0.4, 0.5) is 0 Å². The molecule has 0 aliphatic carbocycles. The average Bonchev–Trinajstić information content (AvgIpc) is 2.81. The third kappa shape index (κ3) is 3.64. The molecule has 0 N–H and O–H groups in total. The molecule has 1 heterocycles. The zero-order chi connectivity index (χ0) is 16.1. The Morgan fingerprint density at radius 1 is 1.36 bits per heavy atom. The number of amides is 1. The molecule has 0 spiro atoms. The standard InChI is InChI=1S/C16H15NO3S2/c1-11(15(19)20-2)17-14(18)13(22-16(17)21)10-6-9-12-7-4-3-5-8-12/h3-11H,1-2H3/b9-6+,13-10+/t11-/m1/s1. The van der Waals surface area contributed by atoms with E-state index in [2.05, 4.69) is 4.74 Å². The van der Waals surface area contributed by atoms with Crippen molar-refractivity contribution in [3.8, 4) is 0 Å². The highest BCUT2D eigenvalue weighted by Crippen LogP contribution is 2.32. The van der Waals surface area contributed by atoms with Crippen molar-refractivity contribution in [2.45, 2.75) is 13.0 Å². The first-order valence-electron chi connectivity index (χ1n) is 6.61. The summed E-state index contributed by atoms with van der Waals surface area (Å²) < 4.78 is 5.02. The van der Waals surface area contributed by atoms with E-state index in [0.717, 1.165) is 5.56 Å². The number of rotatable bonds is 4. The Morgan fingerprint density at radius 2 is 2.05 bits per heavy atom. The van der Waals surface area contributed by atoms with Gasteiger partial charge in [-0.3, -0.25) is 9.69 Å². The number of ether oxygens (including phenoxy) is 1. The van der Waals surface area contributed by atoms with E-state index in [4.69, 9.17) is 12.2 Å². The Labute approximate surface area is 138 Å². The summed E-state index contributed by atoms with van der Waals surface area (Å²) in [6.45, 7) is 1.60. The molecule has 0 bridgehead atoms. The summed E-state index contributed by atoms with van der Waals surface area (Å²) in [7, 11) is 1.29. The second-order valence-corrected chi connectivity index (χ2v) is 6.22. The van der Waals surface area contributed by atoms with Crippen LogP contribution in [0.1, 0.15) is 12.5 Å². The van der Waals surface area contributed by atoms with Crippen molar-refractivity contribution in [2.75, 3.05) is 7.11 Å². The van der Waals surface area contributed by atoms with Gasteiger partial charge in [0.05, 0.1) is 12.0 Å². The van der Waals surface area contributed by atoms with Crippen LogP contribution in [0.25, 0.3) is 6.08 Å². The summed E-state index contributed by atoms with van der Waals surface area (Å²) in [6.07, 6.45) is 5.40. The monoisotopic (exact) mass is 333 g/mol. The minimum Gasteiger partial charge on any atom is -0.467 e. The van der Waals surface area contributed by atoms with E-state index < -0.39 is 12.0 Å². The van der Waals surface area contributed by atoms with Crippen LogP contribution in [0.3, 0.4) is 0 Å². The lowest BCUT2D eigenvalue weighted by Crippen LogP contribution is -2.42. The quantitative estimate of drug-likeness (QED) is 0.481. The molecule has 114 valence electrons. The number of benzene rings is 1. The Kier molecular flexibility index (Phi) is 5.51. The van der Waals surface area contributed by atoms with Gasteiger partial charge in [0.25, 0.3) is 5.91 Å². The third-order valence-electron chi connectivity index (χ3n) is 3.09. The molecule has 1 amide bonds. The summed E-state index contributed by atoms with van der Waals surface area (Å²) in [5, 5.41) is 0. The number of esters is 1. The largest absolute Gasteiger partial charge is 0.467 e. The molecule has 4 nitrogen and oxygen atoms in total. The Hall–Kier alpha value is -1.92. The molecule has 1 aliphatic heterocycles. The minimum atomic E-state index is -0.721. The molecule has 2 rings (SSSR count). The molecule has 6 heteroatoms. The number of carbonyl (C=O) groups is 2. The summed E-state index contributed by atoms with van der Waals surface area (Å²) in [5.41, 5.74) is 1.04. The van der Waals surface area contributed by atoms with E-state index in [1.165, 1.54) is 23.8 Å². The lowest BCUT2D eigenvalue weighted by molar-refractivity contribution is -0.147. The summed E-state index contributed by atoms with van der Waals surface area (Å²) in [4.78, 5) is 25.7. The van der Waals surface area contributed by atoms with E-state index in [9.17, 15) is 9.59 Å². The maximum atomic E-state index is 12.3. The first kappa shape index (κ1) is 16.5. The number of thioether (sulfide) groups is 1. The fourth-order valence-corrected chi connectivity index (χ4v) is 3.28. The molecule has 0 saturated carbocycles. The van der Waals surface area contributed by atoms with Crippen LogP contribution in [0.5, 0.6) is 0 Å². The predicted octanol–water partition coefficient (Wildman–Crippen LogP) is 3.01. The molecule has 22 heavy (non-hydrogen) atoms. The topological polar surface area (TPSA) is 46.6 Å². The lowest BCUT2D eigenvalue weighted by Gasteiger charge is -2.20. The van der Waals surface area contributed by atoms with Crippen molar-refractivity contribution in [2.24, 2.45) is 0 Å². The molecule has 1 aromatic carbocycles. The molecule has 0 unspecified atom stereocenters. The van der Waals surface area contributed by atoms with Crippen molar-refractivity contribution in [3.63, 3.8) is 0 Å². The van der Waals surface area contributed by atoms with Crippen molar-refractivity contribution in [1.82, 2.24) is 4.90 Å². The van der Waals surface area contributed by atoms with E-state index in [-0.39, 0.29) is 5.91 Å². The number of hydrogen-bond donors (Lipinski definition) is 0. The van der Waals surface area contributed by atoms with Crippen LogP contribution in [0.2, 0.25) is 0 Å². The molecule has 1 aliphatic rings. The number of thiocarbonyl (C=S) groups is 1. The number of hydrogen-bond acceptors (Lipinski definition) is 5. The maximum Gasteiger partial charge on any atom is 0.328 e. The fraction of sp³-hybridized carbons (Fsp3) is 0.188. The van der Waals surface area contributed by atoms with Crippen molar-refractivity contribution in [3.05, 3.63) is 53.0 Å². The molecule has 0 aromatic heterocycles. The minimum absolute atomic E-state index is 0.273. The third-order valence-corrected chi connectivity index (χ3v) is 4.44.